The summed E-state index contributed by atoms with van der Waals surface area (Å²) in [6.45, 7) is 7.98. The largest absolute Gasteiger partial charge is 0.369 e. The van der Waals surface area contributed by atoms with Crippen LogP contribution in [0.25, 0.3) is 11.5 Å². The van der Waals surface area contributed by atoms with E-state index in [1.807, 2.05) is 10.7 Å². The highest BCUT2D eigenvalue weighted by Crippen LogP contribution is 2.24. The topological polar surface area (TPSA) is 55.6 Å². The minimum Gasteiger partial charge on any atom is -0.369 e. The van der Waals surface area contributed by atoms with E-state index in [0.717, 1.165) is 52.5 Å². The molecule has 2 rings (SSSR count). The number of aromatic nitrogens is 4. The Labute approximate surface area is 133 Å². The minimum absolute atomic E-state index is 0.754. The molecule has 5 nitrogen and oxygen atoms in total. The van der Waals surface area contributed by atoms with Crippen LogP contribution in [0.2, 0.25) is 0 Å². The third-order valence-electron chi connectivity index (χ3n) is 3.00. The van der Waals surface area contributed by atoms with Gasteiger partial charge >= 0.3 is 0 Å². The number of hydrogen-bond acceptors (Lipinski definition) is 4. The first-order valence-corrected chi connectivity index (χ1v) is 8.11. The molecule has 6 heteroatoms. The lowest BCUT2D eigenvalue weighted by Crippen LogP contribution is -2.10. The van der Waals surface area contributed by atoms with E-state index in [2.05, 4.69) is 58.8 Å². The molecule has 1 N–H and O–H groups in total. The van der Waals surface area contributed by atoms with Crippen LogP contribution in [-0.4, -0.2) is 26.3 Å². The van der Waals surface area contributed by atoms with Gasteiger partial charge in [-0.05, 0) is 48.9 Å². The number of halogens is 1. The van der Waals surface area contributed by atoms with Crippen LogP contribution in [0.4, 0.5) is 5.82 Å². The zero-order chi connectivity index (χ0) is 14.5. The molecule has 0 spiro atoms. The van der Waals surface area contributed by atoms with Gasteiger partial charge in [-0.1, -0.05) is 13.3 Å². The lowest BCUT2D eigenvalue weighted by Gasteiger charge is -2.12. The highest BCUT2D eigenvalue weighted by molar-refractivity contribution is 14.1. The predicted octanol–water partition coefficient (Wildman–Crippen LogP) is 3.35. The number of anilines is 1. The zero-order valence-corrected chi connectivity index (χ0v) is 14.3. The molecule has 0 aliphatic heterocycles. The summed E-state index contributed by atoms with van der Waals surface area (Å²) in [5, 5.41) is 7.63. The average molecular weight is 385 g/mol. The molecule has 2 aromatic rings. The molecule has 2 aromatic heterocycles. The van der Waals surface area contributed by atoms with Gasteiger partial charge in [0.05, 0.1) is 9.26 Å². The van der Waals surface area contributed by atoms with Gasteiger partial charge in [-0.25, -0.2) is 9.97 Å². The molecule has 0 aliphatic carbocycles. The second-order valence-corrected chi connectivity index (χ2v) is 5.55. The number of hydrogen-bond donors (Lipinski definition) is 1. The second-order valence-electron chi connectivity index (χ2n) is 4.47. The molecule has 0 radical (unpaired) electrons. The Kier molecular flexibility index (Phi) is 5.33. The van der Waals surface area contributed by atoms with Gasteiger partial charge in [0.2, 0.25) is 0 Å². The lowest BCUT2D eigenvalue weighted by molar-refractivity contribution is 0.663. The van der Waals surface area contributed by atoms with Gasteiger partial charge in [0.15, 0.2) is 5.82 Å². The van der Waals surface area contributed by atoms with E-state index in [-0.39, 0.29) is 0 Å². The molecule has 0 atom stereocenters. The molecule has 0 saturated carbocycles. The van der Waals surface area contributed by atoms with Gasteiger partial charge in [-0.3, -0.25) is 4.68 Å². The fourth-order valence-corrected chi connectivity index (χ4v) is 2.77. The Morgan fingerprint density at radius 1 is 1.25 bits per heavy atom. The maximum Gasteiger partial charge on any atom is 0.180 e. The average Bonchev–Trinajstić information content (AvgIpc) is 2.92. The molecular weight excluding hydrogens is 365 g/mol. The number of nitrogens with zero attached hydrogens (tertiary/aromatic N) is 4. The monoisotopic (exact) mass is 385 g/mol. The van der Waals surface area contributed by atoms with Crippen molar-refractivity contribution in [2.24, 2.45) is 0 Å². The van der Waals surface area contributed by atoms with Gasteiger partial charge < -0.3 is 5.32 Å². The SMILES string of the molecule is CCCc1nc(-c2ccnn2CC)nc(NCC)c1I. The van der Waals surface area contributed by atoms with Crippen molar-refractivity contribution in [3.63, 3.8) is 0 Å². The third-order valence-corrected chi connectivity index (χ3v) is 4.13. The van der Waals surface area contributed by atoms with Crippen molar-refractivity contribution in [2.75, 3.05) is 11.9 Å². The minimum atomic E-state index is 0.754. The van der Waals surface area contributed by atoms with Gasteiger partial charge in [-0.2, -0.15) is 5.10 Å². The van der Waals surface area contributed by atoms with E-state index in [9.17, 15) is 0 Å². The molecule has 0 unspecified atom stereocenters. The van der Waals surface area contributed by atoms with E-state index < -0.39 is 0 Å². The van der Waals surface area contributed by atoms with Gasteiger partial charge in [-0.15, -0.1) is 0 Å². The van der Waals surface area contributed by atoms with E-state index in [1.54, 1.807) is 6.20 Å². The molecule has 0 fully saturated rings. The van der Waals surface area contributed by atoms with Crippen LogP contribution >= 0.6 is 22.6 Å². The van der Waals surface area contributed by atoms with Crippen LogP contribution in [0.15, 0.2) is 12.3 Å². The van der Waals surface area contributed by atoms with Crippen LogP contribution in [0.5, 0.6) is 0 Å². The summed E-state index contributed by atoms with van der Waals surface area (Å²) in [5.41, 5.74) is 2.08. The van der Waals surface area contributed by atoms with Crippen LogP contribution in [0.3, 0.4) is 0 Å². The van der Waals surface area contributed by atoms with Crippen molar-refractivity contribution >= 4 is 28.4 Å². The Bertz CT molecular complexity index is 552. The molecule has 0 amide bonds. The molecule has 0 bridgehead atoms. The van der Waals surface area contributed by atoms with Crippen molar-refractivity contribution in [2.45, 2.75) is 40.2 Å². The van der Waals surface area contributed by atoms with E-state index in [0.29, 0.717) is 0 Å². The number of rotatable bonds is 6. The molecule has 0 saturated heterocycles. The highest BCUT2D eigenvalue weighted by atomic mass is 127. The summed E-state index contributed by atoms with van der Waals surface area (Å²) in [6.07, 6.45) is 3.84. The first-order chi connectivity index (χ1) is 9.71. The smallest absolute Gasteiger partial charge is 0.180 e. The zero-order valence-electron chi connectivity index (χ0n) is 12.1. The summed E-state index contributed by atoms with van der Waals surface area (Å²) in [4.78, 5) is 9.40. The summed E-state index contributed by atoms with van der Waals surface area (Å²) in [6, 6.07) is 1.97. The molecular formula is C14H20IN5. The number of nitrogens with one attached hydrogen (secondary N) is 1. The lowest BCUT2D eigenvalue weighted by atomic mass is 10.2. The Balaban J connectivity index is 2.52. The quantitative estimate of drug-likeness (QED) is 0.775. The van der Waals surface area contributed by atoms with Crippen LogP contribution in [0.1, 0.15) is 32.9 Å². The van der Waals surface area contributed by atoms with Gasteiger partial charge in [0, 0.05) is 19.3 Å². The Morgan fingerprint density at radius 2 is 2.05 bits per heavy atom. The fraction of sp³-hybridized carbons (Fsp3) is 0.500. The summed E-state index contributed by atoms with van der Waals surface area (Å²) >= 11 is 2.33. The predicted molar refractivity (Wildman–Crippen MR) is 89.8 cm³/mol. The molecule has 108 valence electrons. The van der Waals surface area contributed by atoms with Crippen molar-refractivity contribution in [1.29, 1.82) is 0 Å². The number of aryl methyl sites for hydroxylation is 2. The van der Waals surface area contributed by atoms with Gasteiger partial charge in [0.1, 0.15) is 11.5 Å². The first-order valence-electron chi connectivity index (χ1n) is 7.03. The van der Waals surface area contributed by atoms with E-state index in [4.69, 9.17) is 4.98 Å². The molecule has 20 heavy (non-hydrogen) atoms. The Morgan fingerprint density at radius 3 is 2.70 bits per heavy atom. The Hall–Kier alpha value is -1.18. The van der Waals surface area contributed by atoms with E-state index >= 15 is 0 Å². The molecule has 0 aliphatic rings. The molecule has 0 aromatic carbocycles. The van der Waals surface area contributed by atoms with E-state index in [1.165, 1.54) is 0 Å². The van der Waals surface area contributed by atoms with Crippen molar-refractivity contribution in [3.05, 3.63) is 21.5 Å². The van der Waals surface area contributed by atoms with Crippen molar-refractivity contribution in [3.8, 4) is 11.5 Å². The van der Waals surface area contributed by atoms with Crippen molar-refractivity contribution in [1.82, 2.24) is 19.7 Å². The maximum absolute atomic E-state index is 4.74. The fourth-order valence-electron chi connectivity index (χ4n) is 2.07. The third kappa shape index (κ3) is 3.11. The second kappa shape index (κ2) is 7.01. The van der Waals surface area contributed by atoms with Gasteiger partial charge in [0.25, 0.3) is 0 Å². The summed E-state index contributed by atoms with van der Waals surface area (Å²) in [7, 11) is 0. The van der Waals surface area contributed by atoms with Crippen LogP contribution in [0, 0.1) is 3.57 Å². The normalized spacial score (nSPS) is 10.8. The van der Waals surface area contributed by atoms with Crippen molar-refractivity contribution < 1.29 is 0 Å². The summed E-state index contributed by atoms with van der Waals surface area (Å²) < 4.78 is 3.05. The first kappa shape index (κ1) is 15.2. The van der Waals surface area contributed by atoms with Crippen LogP contribution in [-0.2, 0) is 13.0 Å². The highest BCUT2D eigenvalue weighted by Gasteiger charge is 2.14. The molecule has 2 heterocycles. The maximum atomic E-state index is 4.74. The summed E-state index contributed by atoms with van der Waals surface area (Å²) in [5.74, 6) is 1.68. The standard InChI is InChI=1S/C14H20IN5/c1-4-7-10-12(15)14(16-5-2)19-13(18-10)11-8-9-17-20(11)6-3/h8-9H,4-7H2,1-3H3,(H,16,18,19). The van der Waals surface area contributed by atoms with Crippen LogP contribution < -0.4 is 5.32 Å².